The maximum Gasteiger partial charge on any atom is 0.265 e. The third-order valence-electron chi connectivity index (χ3n) is 2.97. The second kappa shape index (κ2) is 5.65. The SMILES string of the molecule is Cc1c(N)cn(Cc2c(F)ccc(Br)c2F)c(=O)c1Br. The maximum absolute atomic E-state index is 13.9. The molecule has 0 saturated heterocycles. The van der Waals surface area contributed by atoms with Crippen molar-refractivity contribution >= 4 is 37.5 Å². The Labute approximate surface area is 130 Å². The molecular formula is C13H10Br2F2N2O. The van der Waals surface area contributed by atoms with Crippen molar-refractivity contribution in [3.8, 4) is 0 Å². The van der Waals surface area contributed by atoms with Crippen molar-refractivity contribution in [2.45, 2.75) is 13.5 Å². The zero-order chi connectivity index (χ0) is 15.0. The molecule has 0 unspecified atom stereocenters. The maximum atomic E-state index is 13.9. The molecule has 0 aliphatic heterocycles. The van der Waals surface area contributed by atoms with Crippen LogP contribution in [-0.4, -0.2) is 4.57 Å². The molecule has 0 fully saturated rings. The lowest BCUT2D eigenvalue weighted by Crippen LogP contribution is -2.23. The summed E-state index contributed by atoms with van der Waals surface area (Å²) in [4.78, 5) is 12.1. The van der Waals surface area contributed by atoms with Crippen LogP contribution in [0.3, 0.4) is 0 Å². The highest BCUT2D eigenvalue weighted by atomic mass is 79.9. The lowest BCUT2D eigenvalue weighted by atomic mass is 10.2. The van der Waals surface area contributed by atoms with Crippen LogP contribution in [0.2, 0.25) is 0 Å². The molecule has 3 nitrogen and oxygen atoms in total. The molecule has 0 aliphatic carbocycles. The summed E-state index contributed by atoms with van der Waals surface area (Å²) in [5, 5.41) is 0. The van der Waals surface area contributed by atoms with E-state index in [2.05, 4.69) is 31.9 Å². The number of nitrogen functional groups attached to an aromatic ring is 1. The first-order valence-electron chi connectivity index (χ1n) is 5.60. The van der Waals surface area contributed by atoms with Gasteiger partial charge in [0.25, 0.3) is 5.56 Å². The molecule has 0 amide bonds. The molecule has 106 valence electrons. The van der Waals surface area contributed by atoms with E-state index in [1.807, 2.05) is 0 Å². The summed E-state index contributed by atoms with van der Waals surface area (Å²) < 4.78 is 29.2. The number of nitrogens with two attached hydrogens (primary N) is 1. The molecule has 1 aromatic heterocycles. The summed E-state index contributed by atoms with van der Waals surface area (Å²) in [5.74, 6) is -1.44. The highest BCUT2D eigenvalue weighted by molar-refractivity contribution is 9.10. The number of halogens is 4. The fraction of sp³-hybridized carbons (Fsp3) is 0.154. The lowest BCUT2D eigenvalue weighted by Gasteiger charge is -2.12. The van der Waals surface area contributed by atoms with Crippen LogP contribution in [0.25, 0.3) is 0 Å². The number of aromatic nitrogens is 1. The van der Waals surface area contributed by atoms with Gasteiger partial charge in [0.05, 0.1) is 21.2 Å². The van der Waals surface area contributed by atoms with Gasteiger partial charge in [-0.05, 0) is 56.5 Å². The normalized spacial score (nSPS) is 10.8. The number of hydrogen-bond acceptors (Lipinski definition) is 2. The topological polar surface area (TPSA) is 48.0 Å². The summed E-state index contributed by atoms with van der Waals surface area (Å²) in [5.41, 5.74) is 6.14. The number of benzene rings is 1. The van der Waals surface area contributed by atoms with Crippen molar-refractivity contribution in [1.82, 2.24) is 4.57 Å². The average molecular weight is 408 g/mol. The Balaban J connectivity index is 2.57. The molecule has 0 radical (unpaired) electrons. The van der Waals surface area contributed by atoms with Crippen LogP contribution in [0.15, 0.2) is 32.1 Å². The van der Waals surface area contributed by atoms with Crippen LogP contribution in [0.4, 0.5) is 14.5 Å². The number of hydrogen-bond donors (Lipinski definition) is 1. The van der Waals surface area contributed by atoms with E-state index in [0.717, 1.165) is 6.07 Å². The van der Waals surface area contributed by atoms with Gasteiger partial charge in [0, 0.05) is 11.8 Å². The Morgan fingerprint density at radius 1 is 1.30 bits per heavy atom. The highest BCUT2D eigenvalue weighted by Crippen LogP contribution is 2.23. The minimum Gasteiger partial charge on any atom is -0.397 e. The van der Waals surface area contributed by atoms with Crippen LogP contribution in [-0.2, 0) is 6.54 Å². The number of anilines is 1. The Morgan fingerprint density at radius 3 is 2.60 bits per heavy atom. The smallest absolute Gasteiger partial charge is 0.265 e. The van der Waals surface area contributed by atoms with Gasteiger partial charge in [-0.15, -0.1) is 0 Å². The Hall–Kier alpha value is -1.21. The van der Waals surface area contributed by atoms with E-state index in [-0.39, 0.29) is 21.1 Å². The summed E-state index contributed by atoms with van der Waals surface area (Å²) in [6.07, 6.45) is 1.38. The first-order chi connectivity index (χ1) is 9.32. The van der Waals surface area contributed by atoms with E-state index in [0.29, 0.717) is 11.3 Å². The number of rotatable bonds is 2. The number of pyridine rings is 1. The molecular weight excluding hydrogens is 398 g/mol. The van der Waals surface area contributed by atoms with E-state index in [1.165, 1.54) is 16.8 Å². The fourth-order valence-corrected chi connectivity index (χ4v) is 2.57. The summed E-state index contributed by atoms with van der Waals surface area (Å²) in [6.45, 7) is 1.45. The molecule has 2 aromatic rings. The third kappa shape index (κ3) is 2.64. The first kappa shape index (κ1) is 15.2. The van der Waals surface area contributed by atoms with Crippen molar-refractivity contribution in [2.24, 2.45) is 0 Å². The quantitative estimate of drug-likeness (QED) is 0.773. The molecule has 0 bridgehead atoms. The lowest BCUT2D eigenvalue weighted by molar-refractivity contribution is 0.537. The molecule has 2 rings (SSSR count). The summed E-state index contributed by atoms with van der Waals surface area (Å²) >= 11 is 6.13. The van der Waals surface area contributed by atoms with Gasteiger partial charge in [0.15, 0.2) is 0 Å². The number of nitrogens with zero attached hydrogens (tertiary/aromatic N) is 1. The average Bonchev–Trinajstić information content (AvgIpc) is 2.42. The van der Waals surface area contributed by atoms with Crippen molar-refractivity contribution in [3.05, 3.63) is 60.4 Å². The van der Waals surface area contributed by atoms with Gasteiger partial charge >= 0.3 is 0 Å². The zero-order valence-corrected chi connectivity index (χ0v) is 13.6. The predicted molar refractivity (Wildman–Crippen MR) is 80.7 cm³/mol. The molecule has 1 aromatic carbocycles. The molecule has 0 saturated carbocycles. The summed E-state index contributed by atoms with van der Waals surface area (Å²) in [7, 11) is 0. The van der Waals surface area contributed by atoms with E-state index in [4.69, 9.17) is 5.73 Å². The predicted octanol–water partition coefficient (Wildman–Crippen LogP) is 3.59. The van der Waals surface area contributed by atoms with E-state index < -0.39 is 17.2 Å². The summed E-state index contributed by atoms with van der Waals surface area (Å²) in [6, 6.07) is 2.41. The van der Waals surface area contributed by atoms with E-state index >= 15 is 0 Å². The van der Waals surface area contributed by atoms with Crippen LogP contribution >= 0.6 is 31.9 Å². The standard InChI is InChI=1S/C13H10Br2F2N2O/c1-6-10(18)5-19(13(20)11(6)15)4-7-9(16)3-2-8(14)12(7)17/h2-3,5H,4,18H2,1H3. The molecule has 1 heterocycles. The van der Waals surface area contributed by atoms with E-state index in [9.17, 15) is 13.6 Å². The minimum atomic E-state index is -0.729. The van der Waals surface area contributed by atoms with Gasteiger partial charge in [-0.1, -0.05) is 0 Å². The zero-order valence-electron chi connectivity index (χ0n) is 10.4. The van der Waals surface area contributed by atoms with Crippen molar-refractivity contribution in [2.75, 3.05) is 5.73 Å². The van der Waals surface area contributed by atoms with Crippen LogP contribution < -0.4 is 11.3 Å². The van der Waals surface area contributed by atoms with Gasteiger partial charge in [-0.2, -0.15) is 0 Å². The second-order valence-electron chi connectivity index (χ2n) is 4.28. The molecule has 0 atom stereocenters. The largest absolute Gasteiger partial charge is 0.397 e. The molecule has 7 heteroatoms. The Kier molecular flexibility index (Phi) is 4.29. The van der Waals surface area contributed by atoms with Gasteiger partial charge in [0.1, 0.15) is 11.6 Å². The van der Waals surface area contributed by atoms with Crippen molar-refractivity contribution < 1.29 is 8.78 Å². The molecule has 0 aliphatic rings. The van der Waals surface area contributed by atoms with Gasteiger partial charge in [0.2, 0.25) is 0 Å². The van der Waals surface area contributed by atoms with Gasteiger partial charge in [-0.25, -0.2) is 8.78 Å². The van der Waals surface area contributed by atoms with Crippen LogP contribution in [0.1, 0.15) is 11.1 Å². The van der Waals surface area contributed by atoms with Crippen molar-refractivity contribution in [3.63, 3.8) is 0 Å². The molecule has 2 N–H and O–H groups in total. The Bertz CT molecular complexity index is 744. The first-order valence-corrected chi connectivity index (χ1v) is 7.19. The van der Waals surface area contributed by atoms with Gasteiger partial charge < -0.3 is 10.3 Å². The Morgan fingerprint density at radius 2 is 1.95 bits per heavy atom. The van der Waals surface area contributed by atoms with Crippen molar-refractivity contribution in [1.29, 1.82) is 0 Å². The molecule has 20 heavy (non-hydrogen) atoms. The molecule has 0 spiro atoms. The van der Waals surface area contributed by atoms with Gasteiger partial charge in [-0.3, -0.25) is 4.79 Å². The second-order valence-corrected chi connectivity index (χ2v) is 5.93. The monoisotopic (exact) mass is 406 g/mol. The fourth-order valence-electron chi connectivity index (χ4n) is 1.74. The minimum absolute atomic E-state index is 0.140. The third-order valence-corrected chi connectivity index (χ3v) is 4.52. The highest BCUT2D eigenvalue weighted by Gasteiger charge is 2.15. The van der Waals surface area contributed by atoms with Crippen LogP contribution in [0.5, 0.6) is 0 Å². The van der Waals surface area contributed by atoms with Crippen LogP contribution in [0, 0.1) is 18.6 Å². The van der Waals surface area contributed by atoms with E-state index in [1.54, 1.807) is 6.92 Å².